The molecule has 0 bridgehead atoms. The molecule has 4 heteroatoms. The highest BCUT2D eigenvalue weighted by atomic mass is 16.3. The summed E-state index contributed by atoms with van der Waals surface area (Å²) in [5.74, 6) is 0.299. The molecule has 0 aliphatic carbocycles. The Hall–Kier alpha value is -1.16. The monoisotopic (exact) mass is 139 g/mol. The standard InChI is InChI=1S/C6H9N3O/c1-4-2-8-6(7)5(3-10)9-4/h2,10H,3H2,1H3,(H2,7,8). The molecule has 0 amide bonds. The van der Waals surface area contributed by atoms with E-state index >= 15 is 0 Å². The third kappa shape index (κ3) is 1.22. The summed E-state index contributed by atoms with van der Waals surface area (Å²) in [6.45, 7) is 1.64. The van der Waals surface area contributed by atoms with E-state index in [0.717, 1.165) is 5.69 Å². The Labute approximate surface area is 58.7 Å². The van der Waals surface area contributed by atoms with Gasteiger partial charge in [0.25, 0.3) is 0 Å². The molecule has 0 fully saturated rings. The van der Waals surface area contributed by atoms with Crippen molar-refractivity contribution in [2.75, 3.05) is 5.73 Å². The van der Waals surface area contributed by atoms with Crippen molar-refractivity contribution in [3.63, 3.8) is 0 Å². The molecular weight excluding hydrogens is 130 g/mol. The van der Waals surface area contributed by atoms with Crippen LogP contribution in [0.4, 0.5) is 5.82 Å². The van der Waals surface area contributed by atoms with Crippen molar-refractivity contribution >= 4 is 5.82 Å². The molecular formula is C6H9N3O. The maximum atomic E-state index is 8.66. The molecule has 0 saturated carbocycles. The number of hydrogen-bond acceptors (Lipinski definition) is 4. The number of anilines is 1. The Balaban J connectivity index is 3.09. The van der Waals surface area contributed by atoms with Gasteiger partial charge in [-0.05, 0) is 6.92 Å². The zero-order chi connectivity index (χ0) is 7.56. The van der Waals surface area contributed by atoms with Gasteiger partial charge in [0.15, 0.2) is 0 Å². The fourth-order valence-electron chi connectivity index (χ4n) is 0.653. The zero-order valence-electron chi connectivity index (χ0n) is 5.70. The van der Waals surface area contributed by atoms with Gasteiger partial charge < -0.3 is 10.8 Å². The van der Waals surface area contributed by atoms with Crippen molar-refractivity contribution in [2.24, 2.45) is 0 Å². The van der Waals surface area contributed by atoms with Crippen LogP contribution in [0.2, 0.25) is 0 Å². The van der Waals surface area contributed by atoms with Crippen LogP contribution in [0.3, 0.4) is 0 Å². The normalized spacial score (nSPS) is 9.80. The second-order valence-corrected chi connectivity index (χ2v) is 2.00. The molecule has 0 aromatic carbocycles. The predicted octanol–water partition coefficient (Wildman–Crippen LogP) is -0.140. The molecule has 0 radical (unpaired) electrons. The molecule has 1 rings (SSSR count). The van der Waals surface area contributed by atoms with Gasteiger partial charge in [-0.3, -0.25) is 4.98 Å². The SMILES string of the molecule is Cc1cnc(N)c(CO)n1. The molecule has 1 heterocycles. The van der Waals surface area contributed by atoms with Crippen LogP contribution >= 0.6 is 0 Å². The zero-order valence-corrected chi connectivity index (χ0v) is 5.70. The van der Waals surface area contributed by atoms with Crippen LogP contribution < -0.4 is 5.73 Å². The Bertz CT molecular complexity index is 236. The molecule has 0 saturated heterocycles. The van der Waals surface area contributed by atoms with E-state index in [1.807, 2.05) is 0 Å². The number of nitrogens with zero attached hydrogens (tertiary/aromatic N) is 2. The lowest BCUT2D eigenvalue weighted by molar-refractivity contribution is 0.277. The molecule has 0 spiro atoms. The van der Waals surface area contributed by atoms with Crippen LogP contribution in [0, 0.1) is 6.92 Å². The largest absolute Gasteiger partial charge is 0.390 e. The molecule has 0 atom stereocenters. The average molecular weight is 139 g/mol. The van der Waals surface area contributed by atoms with E-state index in [2.05, 4.69) is 9.97 Å². The first-order chi connectivity index (χ1) is 4.74. The van der Waals surface area contributed by atoms with Crippen molar-refractivity contribution in [1.82, 2.24) is 9.97 Å². The summed E-state index contributed by atoms with van der Waals surface area (Å²) in [7, 11) is 0. The van der Waals surface area contributed by atoms with Gasteiger partial charge >= 0.3 is 0 Å². The van der Waals surface area contributed by atoms with Gasteiger partial charge in [-0.15, -0.1) is 0 Å². The molecule has 1 aromatic heterocycles. The lowest BCUT2D eigenvalue weighted by Gasteiger charge is -1.99. The third-order valence-electron chi connectivity index (χ3n) is 1.15. The molecule has 1 aromatic rings. The molecule has 0 aliphatic rings. The lowest BCUT2D eigenvalue weighted by Crippen LogP contribution is -2.01. The van der Waals surface area contributed by atoms with E-state index in [9.17, 15) is 0 Å². The first kappa shape index (κ1) is 6.95. The van der Waals surface area contributed by atoms with Gasteiger partial charge in [0.2, 0.25) is 0 Å². The predicted molar refractivity (Wildman–Crippen MR) is 37.1 cm³/mol. The molecule has 10 heavy (non-hydrogen) atoms. The van der Waals surface area contributed by atoms with Crippen LogP contribution in [0.25, 0.3) is 0 Å². The Morgan fingerprint density at radius 3 is 2.90 bits per heavy atom. The van der Waals surface area contributed by atoms with E-state index in [1.54, 1.807) is 13.1 Å². The number of nitrogen functional groups attached to an aromatic ring is 1. The minimum Gasteiger partial charge on any atom is -0.390 e. The van der Waals surface area contributed by atoms with E-state index in [4.69, 9.17) is 10.8 Å². The van der Waals surface area contributed by atoms with Gasteiger partial charge in [-0.2, -0.15) is 0 Å². The first-order valence-corrected chi connectivity index (χ1v) is 2.93. The average Bonchev–Trinajstić information content (AvgIpc) is 1.94. The summed E-state index contributed by atoms with van der Waals surface area (Å²) < 4.78 is 0. The van der Waals surface area contributed by atoms with Crippen LogP contribution in [-0.4, -0.2) is 15.1 Å². The smallest absolute Gasteiger partial charge is 0.147 e. The number of aromatic nitrogens is 2. The van der Waals surface area contributed by atoms with Gasteiger partial charge in [0.05, 0.1) is 18.5 Å². The Kier molecular flexibility index (Phi) is 1.82. The van der Waals surface area contributed by atoms with Gasteiger partial charge in [0.1, 0.15) is 11.5 Å². The topological polar surface area (TPSA) is 72.0 Å². The number of aryl methyl sites for hydroxylation is 1. The fraction of sp³-hybridized carbons (Fsp3) is 0.333. The highest BCUT2D eigenvalue weighted by Crippen LogP contribution is 2.03. The second kappa shape index (κ2) is 2.62. The first-order valence-electron chi connectivity index (χ1n) is 2.93. The molecule has 0 unspecified atom stereocenters. The van der Waals surface area contributed by atoms with E-state index < -0.39 is 0 Å². The summed E-state index contributed by atoms with van der Waals surface area (Å²) in [5, 5.41) is 8.66. The summed E-state index contributed by atoms with van der Waals surface area (Å²) in [5.41, 5.74) is 6.57. The van der Waals surface area contributed by atoms with Gasteiger partial charge in [0, 0.05) is 0 Å². The summed E-state index contributed by atoms with van der Waals surface area (Å²) >= 11 is 0. The quantitative estimate of drug-likeness (QED) is 0.568. The number of nitrogens with two attached hydrogens (primary N) is 1. The van der Waals surface area contributed by atoms with Crippen molar-refractivity contribution in [3.8, 4) is 0 Å². The van der Waals surface area contributed by atoms with Gasteiger partial charge in [-0.25, -0.2) is 4.98 Å². The molecule has 54 valence electrons. The Morgan fingerprint density at radius 1 is 1.70 bits per heavy atom. The maximum absolute atomic E-state index is 8.66. The van der Waals surface area contributed by atoms with Crippen molar-refractivity contribution < 1.29 is 5.11 Å². The minimum atomic E-state index is -0.152. The van der Waals surface area contributed by atoms with Crippen LogP contribution in [0.1, 0.15) is 11.4 Å². The summed E-state index contributed by atoms with van der Waals surface area (Å²) in [6.07, 6.45) is 1.56. The molecule has 3 N–H and O–H groups in total. The highest BCUT2D eigenvalue weighted by molar-refractivity contribution is 5.33. The van der Waals surface area contributed by atoms with Crippen LogP contribution in [-0.2, 0) is 6.61 Å². The number of aliphatic hydroxyl groups excluding tert-OH is 1. The van der Waals surface area contributed by atoms with Gasteiger partial charge in [-0.1, -0.05) is 0 Å². The van der Waals surface area contributed by atoms with E-state index in [1.165, 1.54) is 0 Å². The molecule has 4 nitrogen and oxygen atoms in total. The van der Waals surface area contributed by atoms with Crippen molar-refractivity contribution in [1.29, 1.82) is 0 Å². The lowest BCUT2D eigenvalue weighted by atomic mass is 10.4. The van der Waals surface area contributed by atoms with Crippen molar-refractivity contribution in [2.45, 2.75) is 13.5 Å². The fourth-order valence-corrected chi connectivity index (χ4v) is 0.653. The minimum absolute atomic E-state index is 0.152. The van der Waals surface area contributed by atoms with Crippen LogP contribution in [0.15, 0.2) is 6.20 Å². The maximum Gasteiger partial charge on any atom is 0.147 e. The second-order valence-electron chi connectivity index (χ2n) is 2.00. The summed E-state index contributed by atoms with van der Waals surface area (Å²) in [6, 6.07) is 0. The van der Waals surface area contributed by atoms with Crippen molar-refractivity contribution in [3.05, 3.63) is 17.6 Å². The van der Waals surface area contributed by atoms with Crippen LogP contribution in [0.5, 0.6) is 0 Å². The third-order valence-corrected chi connectivity index (χ3v) is 1.15. The summed E-state index contributed by atoms with van der Waals surface area (Å²) in [4.78, 5) is 7.76. The highest BCUT2D eigenvalue weighted by Gasteiger charge is 1.98. The van der Waals surface area contributed by atoms with E-state index in [-0.39, 0.29) is 6.61 Å². The molecule has 0 aliphatic heterocycles. The Morgan fingerprint density at radius 2 is 2.40 bits per heavy atom. The van der Waals surface area contributed by atoms with E-state index in [0.29, 0.717) is 11.5 Å². The number of rotatable bonds is 1. The number of aliphatic hydroxyl groups is 1. The number of hydrogen-bond donors (Lipinski definition) is 2.